The lowest BCUT2D eigenvalue weighted by molar-refractivity contribution is -0.303. The topological polar surface area (TPSA) is 157 Å². The van der Waals surface area contributed by atoms with E-state index in [-0.39, 0.29) is 6.61 Å². The molecule has 9 heteroatoms. The molecule has 0 aliphatic carbocycles. The van der Waals surface area contributed by atoms with E-state index < -0.39 is 61.2 Å². The molecule has 0 radical (unpaired) electrons. The van der Waals surface area contributed by atoms with Gasteiger partial charge in [0.05, 0.1) is 25.2 Å². The number of hydrogen-bond donors (Lipinski definition) is 6. The zero-order chi connectivity index (χ0) is 40.5. The smallest absolute Gasteiger partial charge is 0.186 e. The molecule has 1 aliphatic rings. The van der Waals surface area contributed by atoms with Crippen LogP contribution in [0.1, 0.15) is 207 Å². The quantitative estimate of drug-likeness (QED) is 0.0265. The van der Waals surface area contributed by atoms with E-state index >= 15 is 0 Å². The molecule has 0 saturated carbocycles. The second-order valence-electron chi connectivity index (χ2n) is 17.1. The Labute approximate surface area is 337 Å². The van der Waals surface area contributed by atoms with Crippen LogP contribution in [0, 0.1) is 11.8 Å². The van der Waals surface area contributed by atoms with E-state index in [1.54, 1.807) is 6.08 Å². The second-order valence-corrected chi connectivity index (χ2v) is 17.1. The van der Waals surface area contributed by atoms with Crippen LogP contribution < -0.4 is 0 Å². The number of unbranched alkanes of at least 4 members (excludes halogenated alkanes) is 25. The van der Waals surface area contributed by atoms with E-state index in [0.29, 0.717) is 12.8 Å². The zero-order valence-corrected chi connectivity index (χ0v) is 35.7. The molecule has 0 unspecified atom stereocenters. The Morgan fingerprint density at radius 2 is 1.05 bits per heavy atom. The molecule has 0 bridgehead atoms. The Bertz CT molecular complexity index is 897. The van der Waals surface area contributed by atoms with Crippen LogP contribution in [-0.4, -0.2) is 92.5 Å². The molecule has 0 aromatic carbocycles. The van der Waals surface area contributed by atoms with Gasteiger partial charge < -0.3 is 40.1 Å². The van der Waals surface area contributed by atoms with Crippen LogP contribution in [0.25, 0.3) is 0 Å². The summed E-state index contributed by atoms with van der Waals surface area (Å²) in [5, 5.41) is 62.2. The minimum absolute atomic E-state index is 0.294. The normalized spacial score (nSPS) is 22.1. The number of aliphatic hydroxyl groups excluding tert-OH is 6. The molecule has 1 fully saturated rings. The highest BCUT2D eigenvalue weighted by molar-refractivity contribution is 5.86. The first-order chi connectivity index (χ1) is 26.6. The highest BCUT2D eigenvalue weighted by atomic mass is 16.7. The number of hydrogen-bond acceptors (Lipinski definition) is 9. The van der Waals surface area contributed by atoms with Crippen molar-refractivity contribution in [2.45, 2.75) is 250 Å². The number of allylic oxidation sites excluding steroid dienone is 1. The molecule has 0 aromatic heterocycles. The van der Waals surface area contributed by atoms with Gasteiger partial charge in [0.15, 0.2) is 12.1 Å². The Hall–Kier alpha value is -0.910. The molecule has 326 valence electrons. The van der Waals surface area contributed by atoms with Crippen molar-refractivity contribution in [2.24, 2.45) is 11.8 Å². The van der Waals surface area contributed by atoms with Crippen molar-refractivity contribution < 1.29 is 44.9 Å². The van der Waals surface area contributed by atoms with Gasteiger partial charge in [0.1, 0.15) is 30.5 Å². The highest BCUT2D eigenvalue weighted by Crippen LogP contribution is 2.24. The van der Waals surface area contributed by atoms with Gasteiger partial charge in [-0.05, 0) is 25.2 Å². The maximum Gasteiger partial charge on any atom is 0.186 e. The third-order valence-corrected chi connectivity index (χ3v) is 11.5. The lowest BCUT2D eigenvalue weighted by Crippen LogP contribution is -2.59. The number of ketones is 1. The van der Waals surface area contributed by atoms with Crippen molar-refractivity contribution in [3.05, 3.63) is 12.2 Å². The van der Waals surface area contributed by atoms with Crippen LogP contribution in [0.15, 0.2) is 12.2 Å². The molecule has 1 rings (SSSR count). The van der Waals surface area contributed by atoms with Gasteiger partial charge >= 0.3 is 0 Å². The van der Waals surface area contributed by atoms with Crippen LogP contribution >= 0.6 is 0 Å². The Kier molecular flexibility index (Phi) is 33.2. The van der Waals surface area contributed by atoms with Gasteiger partial charge in [0.25, 0.3) is 0 Å². The first-order valence-corrected chi connectivity index (χ1v) is 23.1. The van der Waals surface area contributed by atoms with Crippen molar-refractivity contribution in [1.29, 1.82) is 0 Å². The summed E-state index contributed by atoms with van der Waals surface area (Å²) in [6.07, 6.45) is 28.4. The molecular formula is C46H88O9. The second kappa shape index (κ2) is 35.1. The van der Waals surface area contributed by atoms with Crippen molar-refractivity contribution in [1.82, 2.24) is 0 Å². The third-order valence-electron chi connectivity index (χ3n) is 11.5. The lowest BCUT2D eigenvalue weighted by atomic mass is 9.91. The molecule has 1 heterocycles. The van der Waals surface area contributed by atoms with Crippen LogP contribution in [0.4, 0.5) is 0 Å². The first kappa shape index (κ1) is 52.1. The molecule has 0 spiro atoms. The molecule has 1 saturated heterocycles. The fraction of sp³-hybridized carbons (Fsp3) is 0.935. The van der Waals surface area contributed by atoms with Crippen LogP contribution in [0.3, 0.4) is 0 Å². The fourth-order valence-electron chi connectivity index (χ4n) is 7.63. The first-order valence-electron chi connectivity index (χ1n) is 23.1. The third kappa shape index (κ3) is 25.9. The molecule has 8 atom stereocenters. The lowest BCUT2D eigenvalue weighted by Gasteiger charge is -2.40. The molecule has 9 nitrogen and oxygen atoms in total. The fourth-order valence-corrected chi connectivity index (χ4v) is 7.63. The molecular weight excluding hydrogens is 696 g/mol. The highest BCUT2D eigenvalue weighted by Gasteiger charge is 2.44. The summed E-state index contributed by atoms with van der Waals surface area (Å²) in [6.45, 7) is 5.85. The van der Waals surface area contributed by atoms with Gasteiger partial charge in [-0.25, -0.2) is 0 Å². The Balaban J connectivity index is 2.43. The van der Waals surface area contributed by atoms with E-state index in [4.69, 9.17) is 9.47 Å². The SMILES string of the molecule is CCCCCCCCCCCCCCCCCCC[C@@H](O)C(=O)[C@@H](CO[C@@H]1O[C@H](CO)[C@H](O)[C@H](O)[C@H]1O)[C@H](O)/C=C/CCCCCCCCCCCC(C)C. The summed E-state index contributed by atoms with van der Waals surface area (Å²) in [5.74, 6) is -0.867. The zero-order valence-electron chi connectivity index (χ0n) is 35.7. The van der Waals surface area contributed by atoms with E-state index in [9.17, 15) is 35.4 Å². The number of carbonyl (C=O) groups excluding carboxylic acids is 1. The minimum atomic E-state index is -1.62. The van der Waals surface area contributed by atoms with Gasteiger partial charge in [-0.3, -0.25) is 4.79 Å². The summed E-state index contributed by atoms with van der Waals surface area (Å²) >= 11 is 0. The van der Waals surface area contributed by atoms with Gasteiger partial charge in [-0.2, -0.15) is 0 Å². The van der Waals surface area contributed by atoms with Crippen LogP contribution in [0.5, 0.6) is 0 Å². The molecule has 0 aromatic rings. The van der Waals surface area contributed by atoms with Gasteiger partial charge in [-0.15, -0.1) is 0 Å². The van der Waals surface area contributed by atoms with E-state index in [1.165, 1.54) is 135 Å². The Morgan fingerprint density at radius 1 is 0.618 bits per heavy atom. The number of ether oxygens (including phenoxy) is 2. The number of rotatable bonds is 38. The van der Waals surface area contributed by atoms with Crippen LogP contribution in [0.2, 0.25) is 0 Å². The van der Waals surface area contributed by atoms with Gasteiger partial charge in [-0.1, -0.05) is 200 Å². The molecule has 0 amide bonds. The summed E-state index contributed by atoms with van der Waals surface area (Å²) in [7, 11) is 0. The molecule has 1 aliphatic heterocycles. The van der Waals surface area contributed by atoms with Crippen molar-refractivity contribution in [3.8, 4) is 0 Å². The maximum atomic E-state index is 13.5. The standard InChI is InChI=1S/C46H88O9/c1-4-5-6-7-8-9-10-11-12-13-14-15-18-22-25-28-31-34-40(49)42(50)38(36-54-46-45(53)44(52)43(51)41(35-47)55-46)39(48)33-30-27-24-21-19-16-17-20-23-26-29-32-37(2)3/h30,33,37-41,43-49,51-53H,4-29,31-32,34-36H2,1-3H3/b33-30+/t38-,39+,40+,41+,43-,44-,45+,46+/m0/s1. The molecule has 6 N–H and O–H groups in total. The molecule has 55 heavy (non-hydrogen) atoms. The number of aliphatic hydroxyl groups is 6. The Morgan fingerprint density at radius 3 is 1.51 bits per heavy atom. The van der Waals surface area contributed by atoms with E-state index in [1.807, 2.05) is 6.08 Å². The predicted octanol–water partition coefficient (Wildman–Crippen LogP) is 9.26. The average molecular weight is 785 g/mol. The van der Waals surface area contributed by atoms with Gasteiger partial charge in [0, 0.05) is 0 Å². The van der Waals surface area contributed by atoms with E-state index in [2.05, 4.69) is 20.8 Å². The van der Waals surface area contributed by atoms with E-state index in [0.717, 1.165) is 44.4 Å². The summed E-state index contributed by atoms with van der Waals surface area (Å²) in [4.78, 5) is 13.5. The maximum absolute atomic E-state index is 13.5. The van der Waals surface area contributed by atoms with Crippen molar-refractivity contribution >= 4 is 5.78 Å². The number of carbonyl (C=O) groups is 1. The monoisotopic (exact) mass is 785 g/mol. The average Bonchev–Trinajstić information content (AvgIpc) is 3.17. The van der Waals surface area contributed by atoms with Crippen LogP contribution in [-0.2, 0) is 14.3 Å². The van der Waals surface area contributed by atoms with Crippen molar-refractivity contribution in [3.63, 3.8) is 0 Å². The van der Waals surface area contributed by atoms with Crippen molar-refractivity contribution in [2.75, 3.05) is 13.2 Å². The summed E-state index contributed by atoms with van der Waals surface area (Å²) in [6, 6.07) is 0. The minimum Gasteiger partial charge on any atom is -0.394 e. The summed E-state index contributed by atoms with van der Waals surface area (Å²) < 4.78 is 11.1. The number of Topliss-reactive ketones (excluding diaryl/α,β-unsaturated/α-hetero) is 1. The predicted molar refractivity (Wildman–Crippen MR) is 224 cm³/mol. The largest absolute Gasteiger partial charge is 0.394 e. The summed E-state index contributed by atoms with van der Waals surface area (Å²) in [5.41, 5.74) is 0. The van der Waals surface area contributed by atoms with Gasteiger partial charge in [0.2, 0.25) is 0 Å².